The van der Waals surface area contributed by atoms with Crippen LogP contribution in [-0.2, 0) is 13.6 Å². The van der Waals surface area contributed by atoms with Gasteiger partial charge in [0.1, 0.15) is 12.4 Å². The third kappa shape index (κ3) is 4.52. The maximum Gasteiger partial charge on any atom is 0.406 e. The summed E-state index contributed by atoms with van der Waals surface area (Å²) in [5.41, 5.74) is 1.18. The van der Waals surface area contributed by atoms with Crippen LogP contribution in [0.3, 0.4) is 0 Å². The van der Waals surface area contributed by atoms with Gasteiger partial charge in [0, 0.05) is 24.0 Å². The number of rotatable bonds is 6. The average Bonchev–Trinajstić information content (AvgIpc) is 3.13. The van der Waals surface area contributed by atoms with E-state index in [1.807, 2.05) is 0 Å². The third-order valence-electron chi connectivity index (χ3n) is 4.49. The Morgan fingerprint density at radius 1 is 1.17 bits per heavy atom. The first-order valence-electron chi connectivity index (χ1n) is 8.62. The van der Waals surface area contributed by atoms with E-state index in [0.717, 1.165) is 16.3 Å². The van der Waals surface area contributed by atoms with Gasteiger partial charge in [0.25, 0.3) is 0 Å². The van der Waals surface area contributed by atoms with Gasteiger partial charge in [-0.3, -0.25) is 4.79 Å². The minimum Gasteiger partial charge on any atom is -0.339 e. The lowest BCUT2D eigenvalue weighted by molar-refractivity contribution is -0.141. The zero-order valence-electron chi connectivity index (χ0n) is 15.9. The molecule has 0 aliphatic heterocycles. The second kappa shape index (κ2) is 8.02. The molecule has 0 bridgehead atoms. The number of ketones is 1. The predicted molar refractivity (Wildman–Crippen MR) is 101 cm³/mol. The Morgan fingerprint density at radius 2 is 1.86 bits per heavy atom. The van der Waals surface area contributed by atoms with Crippen LogP contribution >= 0.6 is 11.8 Å². The largest absolute Gasteiger partial charge is 0.406 e. The van der Waals surface area contributed by atoms with Crippen molar-refractivity contribution >= 4 is 17.5 Å². The van der Waals surface area contributed by atoms with Crippen molar-refractivity contribution in [3.63, 3.8) is 0 Å². The van der Waals surface area contributed by atoms with Crippen LogP contribution in [0.2, 0.25) is 0 Å². The molecule has 0 saturated heterocycles. The zero-order valence-corrected chi connectivity index (χ0v) is 16.7. The Hall–Kier alpha value is -2.62. The van der Waals surface area contributed by atoms with Crippen LogP contribution in [0.15, 0.2) is 35.5 Å². The number of nitrogens with zero attached hydrogens (tertiary/aromatic N) is 4. The number of benzene rings is 1. The Labute approximate surface area is 168 Å². The van der Waals surface area contributed by atoms with Gasteiger partial charge in [-0.1, -0.05) is 23.9 Å². The average molecular weight is 426 g/mol. The number of Topliss-reactive ketones (excluding diaryl/α,β-unsaturated/α-hetero) is 1. The molecule has 5 nitrogen and oxygen atoms in total. The molecule has 3 rings (SSSR count). The summed E-state index contributed by atoms with van der Waals surface area (Å²) >= 11 is 1.09. The second-order valence-corrected chi connectivity index (χ2v) is 7.49. The number of aryl methyl sites for hydroxylation is 1. The van der Waals surface area contributed by atoms with Crippen LogP contribution in [0.1, 0.15) is 21.7 Å². The van der Waals surface area contributed by atoms with Crippen molar-refractivity contribution in [1.29, 1.82) is 0 Å². The first-order chi connectivity index (χ1) is 13.6. The van der Waals surface area contributed by atoms with E-state index in [-0.39, 0.29) is 28.4 Å². The molecule has 3 aromatic rings. The third-order valence-corrected chi connectivity index (χ3v) is 5.51. The van der Waals surface area contributed by atoms with E-state index in [1.165, 1.54) is 26.0 Å². The minimum atomic E-state index is -4.37. The Kier molecular flexibility index (Phi) is 5.83. The number of hydrogen-bond acceptors (Lipinski definition) is 4. The van der Waals surface area contributed by atoms with Gasteiger partial charge in [-0.2, -0.15) is 13.2 Å². The van der Waals surface area contributed by atoms with Crippen molar-refractivity contribution in [2.45, 2.75) is 31.7 Å². The molecular weight excluding hydrogens is 408 g/mol. The normalized spacial score (nSPS) is 11.8. The van der Waals surface area contributed by atoms with Gasteiger partial charge in [0.2, 0.25) is 0 Å². The first kappa shape index (κ1) is 21.1. The number of thioether (sulfide) groups is 1. The van der Waals surface area contributed by atoms with Gasteiger partial charge in [-0.05, 0) is 32.0 Å². The van der Waals surface area contributed by atoms with E-state index in [0.29, 0.717) is 16.7 Å². The molecule has 0 fully saturated rings. The van der Waals surface area contributed by atoms with Gasteiger partial charge in [-0.25, -0.2) is 4.39 Å². The fourth-order valence-corrected chi connectivity index (χ4v) is 3.83. The minimum absolute atomic E-state index is 0.0282. The lowest BCUT2D eigenvalue weighted by Gasteiger charge is -2.12. The first-order valence-corrected chi connectivity index (χ1v) is 9.61. The molecule has 0 unspecified atom stereocenters. The molecule has 0 saturated carbocycles. The number of aromatic nitrogens is 4. The lowest BCUT2D eigenvalue weighted by Crippen LogP contribution is -2.19. The quantitative estimate of drug-likeness (QED) is 0.329. The highest BCUT2D eigenvalue weighted by Gasteiger charge is 2.30. The van der Waals surface area contributed by atoms with Crippen molar-refractivity contribution in [2.24, 2.45) is 7.05 Å². The second-order valence-electron chi connectivity index (χ2n) is 6.54. The fraction of sp³-hybridized carbons (Fsp3) is 0.316. The van der Waals surface area contributed by atoms with Crippen LogP contribution in [-0.4, -0.2) is 37.0 Å². The van der Waals surface area contributed by atoms with Crippen molar-refractivity contribution in [3.8, 4) is 11.4 Å². The van der Waals surface area contributed by atoms with Crippen molar-refractivity contribution in [1.82, 2.24) is 19.3 Å². The lowest BCUT2D eigenvalue weighted by atomic mass is 10.2. The molecule has 154 valence electrons. The number of alkyl halides is 3. The van der Waals surface area contributed by atoms with Gasteiger partial charge < -0.3 is 9.13 Å². The van der Waals surface area contributed by atoms with E-state index in [9.17, 15) is 22.4 Å². The highest BCUT2D eigenvalue weighted by atomic mass is 32.2. The Balaban J connectivity index is 1.76. The van der Waals surface area contributed by atoms with Crippen LogP contribution in [0, 0.1) is 19.7 Å². The fourth-order valence-electron chi connectivity index (χ4n) is 3.03. The molecule has 2 aromatic heterocycles. The van der Waals surface area contributed by atoms with Crippen molar-refractivity contribution in [2.75, 3.05) is 5.75 Å². The SMILES string of the molecule is Cc1cc(C(=O)CSc2nnc(-c3ccccc3F)n2C)c(C)n1CC(F)(F)F. The Bertz CT molecular complexity index is 1060. The topological polar surface area (TPSA) is 52.7 Å². The van der Waals surface area contributed by atoms with Gasteiger partial charge in [0.05, 0.1) is 11.3 Å². The van der Waals surface area contributed by atoms with Gasteiger partial charge in [0.15, 0.2) is 16.8 Å². The van der Waals surface area contributed by atoms with Crippen LogP contribution in [0.25, 0.3) is 11.4 Å². The van der Waals surface area contributed by atoms with Crippen molar-refractivity contribution in [3.05, 3.63) is 53.1 Å². The molecule has 2 heterocycles. The highest BCUT2D eigenvalue weighted by molar-refractivity contribution is 7.99. The standard InChI is InChI=1S/C19H18F4N4OS/c1-11-8-14(12(2)27(11)10-19(21,22)23)16(28)9-29-18-25-24-17(26(18)3)13-6-4-5-7-15(13)20/h4-8H,9-10H2,1-3H3. The number of halogens is 4. The molecule has 1 aromatic carbocycles. The molecule has 0 amide bonds. The maximum atomic E-state index is 14.0. The highest BCUT2D eigenvalue weighted by Crippen LogP contribution is 2.27. The number of hydrogen-bond donors (Lipinski definition) is 0. The van der Waals surface area contributed by atoms with E-state index >= 15 is 0 Å². The van der Waals surface area contributed by atoms with E-state index in [2.05, 4.69) is 10.2 Å². The molecule has 0 spiro atoms. The molecular formula is C19H18F4N4OS. The number of carbonyl (C=O) groups is 1. The summed E-state index contributed by atoms with van der Waals surface area (Å²) in [5, 5.41) is 8.38. The Morgan fingerprint density at radius 3 is 2.52 bits per heavy atom. The van der Waals surface area contributed by atoms with Crippen LogP contribution < -0.4 is 0 Å². The summed E-state index contributed by atoms with van der Waals surface area (Å²) in [6.45, 7) is 1.89. The smallest absolute Gasteiger partial charge is 0.339 e. The summed E-state index contributed by atoms with van der Waals surface area (Å²) in [7, 11) is 1.66. The van der Waals surface area contributed by atoms with E-state index < -0.39 is 18.5 Å². The molecule has 0 radical (unpaired) electrons. The van der Waals surface area contributed by atoms with Gasteiger partial charge in [-0.15, -0.1) is 10.2 Å². The summed E-state index contributed by atoms with van der Waals surface area (Å²) in [6.07, 6.45) is -4.37. The number of carbonyl (C=O) groups excluding carboxylic acids is 1. The zero-order chi connectivity index (χ0) is 21.3. The van der Waals surface area contributed by atoms with E-state index in [1.54, 1.807) is 29.8 Å². The maximum absolute atomic E-state index is 14.0. The monoisotopic (exact) mass is 426 g/mol. The van der Waals surface area contributed by atoms with Crippen LogP contribution in [0.4, 0.5) is 17.6 Å². The molecule has 0 aliphatic carbocycles. The van der Waals surface area contributed by atoms with Crippen molar-refractivity contribution < 1.29 is 22.4 Å². The molecule has 0 N–H and O–H groups in total. The van der Waals surface area contributed by atoms with Gasteiger partial charge >= 0.3 is 6.18 Å². The summed E-state index contributed by atoms with van der Waals surface area (Å²) in [6, 6.07) is 7.61. The summed E-state index contributed by atoms with van der Waals surface area (Å²) in [4.78, 5) is 12.6. The predicted octanol–water partition coefficient (Wildman–Crippen LogP) is 4.58. The molecule has 0 atom stereocenters. The molecule has 0 aliphatic rings. The summed E-state index contributed by atoms with van der Waals surface area (Å²) < 4.78 is 54.9. The molecule has 10 heteroatoms. The molecule has 29 heavy (non-hydrogen) atoms. The van der Waals surface area contributed by atoms with E-state index in [4.69, 9.17) is 0 Å². The van der Waals surface area contributed by atoms with Crippen LogP contribution in [0.5, 0.6) is 0 Å². The summed E-state index contributed by atoms with van der Waals surface area (Å²) in [5.74, 6) is -0.458.